The van der Waals surface area contributed by atoms with Gasteiger partial charge in [0.25, 0.3) is 0 Å². The van der Waals surface area contributed by atoms with E-state index in [1.165, 1.54) is 0 Å². The number of carbonyl (C=O) groups is 1. The maximum Gasteiger partial charge on any atom is 0.352 e. The molecule has 0 amide bonds. The molecular weight excluding hydrogens is 423 g/mol. The molecule has 2 aromatic rings. The average Bonchev–Trinajstić information content (AvgIpc) is 3.02. The number of carboxylic acid groups (broad SMARTS) is 1. The molecule has 0 saturated heterocycles. The first-order valence-corrected chi connectivity index (χ1v) is 9.11. The fourth-order valence-electron chi connectivity index (χ4n) is 2.59. The zero-order chi connectivity index (χ0) is 16.7. The molecule has 8 heteroatoms. The zero-order valence-electron chi connectivity index (χ0n) is 11.8. The summed E-state index contributed by atoms with van der Waals surface area (Å²) in [5, 5.41) is 18.3. The number of nitrogens with zero attached hydrogens (tertiary/aromatic N) is 2. The number of carboxylic acids is 1. The van der Waals surface area contributed by atoms with Crippen LogP contribution in [0.15, 0.2) is 39.2 Å². The molecule has 0 aliphatic carbocycles. The summed E-state index contributed by atoms with van der Waals surface area (Å²) in [5.41, 5.74) is 0.749. The predicted octanol–water partition coefficient (Wildman–Crippen LogP) is 5.46. The Morgan fingerprint density at radius 1 is 1.39 bits per heavy atom. The van der Waals surface area contributed by atoms with Crippen LogP contribution in [0.5, 0.6) is 0 Å². The molecule has 1 N–H and O–H groups in total. The van der Waals surface area contributed by atoms with E-state index >= 15 is 0 Å². The third-order valence-corrected chi connectivity index (χ3v) is 5.94. The molecule has 4 nitrogen and oxygen atoms in total. The molecule has 0 spiro atoms. The van der Waals surface area contributed by atoms with E-state index in [4.69, 9.17) is 23.2 Å². The number of rotatable bonds is 3. The van der Waals surface area contributed by atoms with E-state index in [9.17, 15) is 9.90 Å². The zero-order valence-corrected chi connectivity index (χ0v) is 15.7. The van der Waals surface area contributed by atoms with Crippen molar-refractivity contribution in [2.45, 2.75) is 13.0 Å². The molecule has 23 heavy (non-hydrogen) atoms. The fourth-order valence-corrected chi connectivity index (χ4v) is 4.72. The van der Waals surface area contributed by atoms with Crippen LogP contribution in [0.2, 0.25) is 10.0 Å². The molecule has 2 heterocycles. The Morgan fingerprint density at radius 3 is 2.70 bits per heavy atom. The van der Waals surface area contributed by atoms with Crippen molar-refractivity contribution < 1.29 is 9.90 Å². The lowest BCUT2D eigenvalue weighted by Gasteiger charge is -2.26. The van der Waals surface area contributed by atoms with Crippen LogP contribution in [0, 0.1) is 5.92 Å². The van der Waals surface area contributed by atoms with E-state index in [1.54, 1.807) is 34.5 Å². The van der Waals surface area contributed by atoms with E-state index in [-0.39, 0.29) is 17.7 Å². The molecule has 1 aromatic carbocycles. The van der Waals surface area contributed by atoms with Crippen LogP contribution in [0.3, 0.4) is 0 Å². The molecule has 1 aromatic heterocycles. The summed E-state index contributed by atoms with van der Waals surface area (Å²) in [7, 11) is 0. The van der Waals surface area contributed by atoms with E-state index in [0.29, 0.717) is 15.7 Å². The van der Waals surface area contributed by atoms with Crippen LogP contribution in [0.25, 0.3) is 0 Å². The van der Waals surface area contributed by atoms with Crippen molar-refractivity contribution in [2.75, 3.05) is 5.01 Å². The summed E-state index contributed by atoms with van der Waals surface area (Å²) >= 11 is 17.2. The van der Waals surface area contributed by atoms with Crippen LogP contribution >= 0.6 is 50.5 Å². The highest BCUT2D eigenvalue weighted by Crippen LogP contribution is 2.44. The van der Waals surface area contributed by atoms with Gasteiger partial charge in [-0.25, -0.2) is 4.79 Å². The summed E-state index contributed by atoms with van der Waals surface area (Å²) in [5.74, 6) is -1.30. The number of hydrogen-bond donors (Lipinski definition) is 1. The second-order valence-corrected chi connectivity index (χ2v) is 7.83. The largest absolute Gasteiger partial charge is 0.477 e. The topological polar surface area (TPSA) is 52.9 Å². The molecule has 0 bridgehead atoms. The standard InChI is InChI=1S/C15H11BrCl2N2O2S/c1-7-13(15(21)22)19-20(11-3-2-9(17)5-10(11)18)14(7)12-4-8(16)6-23-12/h2-7,14H,1H3,(H,21,22)/t7-,14+/m1/s1. The van der Waals surface area contributed by atoms with Gasteiger partial charge in [0.15, 0.2) is 5.71 Å². The predicted molar refractivity (Wildman–Crippen MR) is 97.9 cm³/mol. The molecule has 1 aliphatic rings. The third-order valence-electron chi connectivity index (χ3n) is 3.64. The molecular formula is C15H11BrCl2N2O2S. The van der Waals surface area contributed by atoms with Crippen LogP contribution in [-0.2, 0) is 4.79 Å². The first-order valence-electron chi connectivity index (χ1n) is 6.68. The third kappa shape index (κ3) is 3.13. The Morgan fingerprint density at radius 2 is 2.13 bits per heavy atom. The summed E-state index contributed by atoms with van der Waals surface area (Å²) in [6.07, 6.45) is 0. The molecule has 0 unspecified atom stereocenters. The Balaban J connectivity index is 2.11. The SMILES string of the molecule is C[C@@H]1C(C(=O)O)=NN(c2ccc(Cl)cc2Cl)[C@@H]1c1cc(Br)cs1. The second-order valence-electron chi connectivity index (χ2n) is 5.13. The van der Waals surface area contributed by atoms with Crippen molar-refractivity contribution in [1.82, 2.24) is 0 Å². The molecule has 1 aliphatic heterocycles. The van der Waals surface area contributed by atoms with Gasteiger partial charge in [-0.1, -0.05) is 30.1 Å². The van der Waals surface area contributed by atoms with Gasteiger partial charge in [-0.3, -0.25) is 5.01 Å². The van der Waals surface area contributed by atoms with Gasteiger partial charge >= 0.3 is 5.97 Å². The van der Waals surface area contributed by atoms with Crippen LogP contribution in [0.4, 0.5) is 5.69 Å². The second kappa shape index (κ2) is 6.43. The van der Waals surface area contributed by atoms with Gasteiger partial charge < -0.3 is 5.11 Å². The lowest BCUT2D eigenvalue weighted by atomic mass is 9.96. The summed E-state index contributed by atoms with van der Waals surface area (Å²) in [6.45, 7) is 1.86. The number of halogens is 3. The van der Waals surface area contributed by atoms with Crippen LogP contribution < -0.4 is 5.01 Å². The highest BCUT2D eigenvalue weighted by Gasteiger charge is 2.40. The first-order chi connectivity index (χ1) is 10.9. The lowest BCUT2D eigenvalue weighted by Crippen LogP contribution is -2.25. The Hall–Kier alpha value is -1.08. The fraction of sp³-hybridized carbons (Fsp3) is 0.200. The molecule has 120 valence electrons. The van der Waals surface area contributed by atoms with Crippen molar-refractivity contribution >= 4 is 67.8 Å². The molecule has 2 atom stereocenters. The van der Waals surface area contributed by atoms with Crippen LogP contribution in [0.1, 0.15) is 17.8 Å². The van der Waals surface area contributed by atoms with Gasteiger partial charge in [0.2, 0.25) is 0 Å². The van der Waals surface area contributed by atoms with E-state index < -0.39 is 5.97 Å². The number of anilines is 1. The van der Waals surface area contributed by atoms with Gasteiger partial charge in [0, 0.05) is 25.7 Å². The number of benzene rings is 1. The van der Waals surface area contributed by atoms with Crippen molar-refractivity contribution in [3.63, 3.8) is 0 Å². The molecule has 0 saturated carbocycles. The first kappa shape index (κ1) is 16.8. The smallest absolute Gasteiger partial charge is 0.352 e. The van der Waals surface area contributed by atoms with Gasteiger partial charge in [-0.2, -0.15) is 5.10 Å². The van der Waals surface area contributed by atoms with Gasteiger partial charge in [-0.05, 0) is 40.2 Å². The Kier molecular flexibility index (Phi) is 4.69. The Bertz CT molecular complexity index is 809. The van der Waals surface area contributed by atoms with Crippen molar-refractivity contribution in [3.8, 4) is 0 Å². The van der Waals surface area contributed by atoms with Crippen LogP contribution in [-0.4, -0.2) is 16.8 Å². The van der Waals surface area contributed by atoms with E-state index in [2.05, 4.69) is 21.0 Å². The average molecular weight is 434 g/mol. The van der Waals surface area contributed by atoms with E-state index in [1.807, 2.05) is 18.4 Å². The summed E-state index contributed by atoms with van der Waals surface area (Å²) < 4.78 is 0.954. The highest BCUT2D eigenvalue weighted by molar-refractivity contribution is 9.10. The summed E-state index contributed by atoms with van der Waals surface area (Å²) in [6, 6.07) is 6.84. The molecule has 0 fully saturated rings. The lowest BCUT2D eigenvalue weighted by molar-refractivity contribution is -0.129. The van der Waals surface area contributed by atoms with Gasteiger partial charge in [0.1, 0.15) is 0 Å². The maximum absolute atomic E-state index is 11.5. The minimum atomic E-state index is -1.02. The normalized spacial score (nSPS) is 20.7. The minimum absolute atomic E-state index is 0.116. The minimum Gasteiger partial charge on any atom is -0.477 e. The van der Waals surface area contributed by atoms with Crippen molar-refractivity contribution in [2.24, 2.45) is 11.0 Å². The monoisotopic (exact) mass is 432 g/mol. The van der Waals surface area contributed by atoms with E-state index in [0.717, 1.165) is 9.35 Å². The maximum atomic E-state index is 11.5. The number of hydrazone groups is 1. The van der Waals surface area contributed by atoms with Gasteiger partial charge in [-0.15, -0.1) is 11.3 Å². The highest BCUT2D eigenvalue weighted by atomic mass is 79.9. The number of aliphatic carboxylic acids is 1. The van der Waals surface area contributed by atoms with Crippen molar-refractivity contribution in [1.29, 1.82) is 0 Å². The van der Waals surface area contributed by atoms with Gasteiger partial charge in [0.05, 0.1) is 16.8 Å². The Labute approximate surface area is 155 Å². The quantitative estimate of drug-likeness (QED) is 0.699. The number of hydrogen-bond acceptors (Lipinski definition) is 4. The molecule has 3 rings (SSSR count). The molecule has 0 radical (unpaired) electrons. The summed E-state index contributed by atoms with van der Waals surface area (Å²) in [4.78, 5) is 12.5. The number of thiophene rings is 1. The van der Waals surface area contributed by atoms with Crippen molar-refractivity contribution in [3.05, 3.63) is 49.0 Å².